The maximum atomic E-state index is 13.4. The molecule has 1 aliphatic rings. The first-order valence-electron chi connectivity index (χ1n) is 5.98. The van der Waals surface area contributed by atoms with Gasteiger partial charge in [0.15, 0.2) is 11.6 Å². The number of rotatable bonds is 6. The minimum absolute atomic E-state index is 0.314. The van der Waals surface area contributed by atoms with Gasteiger partial charge in [-0.3, -0.25) is 0 Å². The molecule has 0 heterocycles. The van der Waals surface area contributed by atoms with E-state index in [1.54, 1.807) is 12.1 Å². The molecule has 1 aromatic rings. The summed E-state index contributed by atoms with van der Waals surface area (Å²) < 4.78 is 19.5. The quantitative estimate of drug-likeness (QED) is 0.814. The molecular formula is C13H17BrFNO. The highest BCUT2D eigenvalue weighted by molar-refractivity contribution is 9.10. The molecule has 4 heteroatoms. The van der Waals surface area contributed by atoms with Crippen LogP contribution >= 0.6 is 15.9 Å². The van der Waals surface area contributed by atoms with Crippen LogP contribution in [0.2, 0.25) is 0 Å². The summed E-state index contributed by atoms with van der Waals surface area (Å²) in [4.78, 5) is 0. The maximum Gasteiger partial charge on any atom is 0.166 e. The molecule has 0 saturated heterocycles. The van der Waals surface area contributed by atoms with E-state index in [1.807, 2.05) is 0 Å². The summed E-state index contributed by atoms with van der Waals surface area (Å²) in [5.41, 5.74) is 0. The van der Waals surface area contributed by atoms with Crippen LogP contribution in [0.15, 0.2) is 22.7 Å². The fourth-order valence-electron chi connectivity index (χ4n) is 1.80. The average molecular weight is 302 g/mol. The first kappa shape index (κ1) is 12.8. The Hall–Kier alpha value is -0.610. The second kappa shape index (κ2) is 5.83. The van der Waals surface area contributed by atoms with Crippen molar-refractivity contribution < 1.29 is 9.13 Å². The molecule has 1 saturated carbocycles. The minimum atomic E-state index is -0.324. The summed E-state index contributed by atoms with van der Waals surface area (Å²) in [7, 11) is 0. The van der Waals surface area contributed by atoms with E-state index in [9.17, 15) is 4.39 Å². The van der Waals surface area contributed by atoms with Crippen molar-refractivity contribution in [1.82, 2.24) is 5.32 Å². The molecule has 94 valence electrons. The lowest BCUT2D eigenvalue weighted by atomic mass is 10.2. The van der Waals surface area contributed by atoms with Gasteiger partial charge in [-0.25, -0.2) is 4.39 Å². The predicted molar refractivity (Wildman–Crippen MR) is 69.8 cm³/mol. The number of hydrogen-bond donors (Lipinski definition) is 1. The fourth-order valence-corrected chi connectivity index (χ4v) is 2.14. The SMILES string of the molecule is CC(NCCOc1ccc(Br)cc1F)C1CC1. The molecule has 0 amide bonds. The Bertz CT molecular complexity index is 382. The highest BCUT2D eigenvalue weighted by atomic mass is 79.9. The van der Waals surface area contributed by atoms with Gasteiger partial charge in [-0.1, -0.05) is 15.9 Å². The van der Waals surface area contributed by atoms with E-state index in [-0.39, 0.29) is 5.82 Å². The monoisotopic (exact) mass is 301 g/mol. The number of benzene rings is 1. The highest BCUT2D eigenvalue weighted by Crippen LogP contribution is 2.32. The van der Waals surface area contributed by atoms with E-state index < -0.39 is 0 Å². The largest absolute Gasteiger partial charge is 0.489 e. The van der Waals surface area contributed by atoms with Gasteiger partial charge in [0, 0.05) is 17.1 Å². The number of ether oxygens (including phenoxy) is 1. The van der Waals surface area contributed by atoms with Gasteiger partial charge in [0.05, 0.1) is 0 Å². The smallest absolute Gasteiger partial charge is 0.166 e. The van der Waals surface area contributed by atoms with E-state index in [2.05, 4.69) is 28.2 Å². The predicted octanol–water partition coefficient (Wildman–Crippen LogP) is 3.36. The zero-order chi connectivity index (χ0) is 12.3. The van der Waals surface area contributed by atoms with Crippen molar-refractivity contribution in [2.24, 2.45) is 5.92 Å². The van der Waals surface area contributed by atoms with Crippen molar-refractivity contribution in [3.8, 4) is 5.75 Å². The van der Waals surface area contributed by atoms with Crippen molar-refractivity contribution >= 4 is 15.9 Å². The van der Waals surface area contributed by atoms with Gasteiger partial charge in [-0.2, -0.15) is 0 Å². The third kappa shape index (κ3) is 3.96. The Balaban J connectivity index is 1.70. The number of halogens is 2. The Labute approximate surface area is 110 Å². The molecule has 1 fully saturated rings. The van der Waals surface area contributed by atoms with Gasteiger partial charge in [0.25, 0.3) is 0 Å². The van der Waals surface area contributed by atoms with E-state index >= 15 is 0 Å². The molecule has 0 aromatic heterocycles. The molecule has 0 bridgehead atoms. The molecule has 1 aliphatic carbocycles. The summed E-state index contributed by atoms with van der Waals surface area (Å²) in [5.74, 6) is 0.822. The molecule has 1 aromatic carbocycles. The van der Waals surface area contributed by atoms with Crippen LogP contribution in [0.1, 0.15) is 19.8 Å². The van der Waals surface area contributed by atoms with Crippen molar-refractivity contribution in [3.05, 3.63) is 28.5 Å². The van der Waals surface area contributed by atoms with Crippen molar-refractivity contribution in [3.63, 3.8) is 0 Å². The third-order valence-electron chi connectivity index (χ3n) is 3.05. The van der Waals surface area contributed by atoms with Gasteiger partial charge in [0.1, 0.15) is 6.61 Å². The van der Waals surface area contributed by atoms with Gasteiger partial charge >= 0.3 is 0 Å². The normalized spacial score (nSPS) is 16.9. The van der Waals surface area contributed by atoms with Crippen LogP contribution in [0.25, 0.3) is 0 Å². The molecule has 1 N–H and O–H groups in total. The highest BCUT2D eigenvalue weighted by Gasteiger charge is 2.27. The molecule has 0 radical (unpaired) electrons. The second-order valence-corrected chi connectivity index (χ2v) is 5.42. The Kier molecular flexibility index (Phi) is 4.40. The topological polar surface area (TPSA) is 21.3 Å². The van der Waals surface area contributed by atoms with Gasteiger partial charge in [0.2, 0.25) is 0 Å². The lowest BCUT2D eigenvalue weighted by Crippen LogP contribution is -2.31. The maximum absolute atomic E-state index is 13.4. The molecular weight excluding hydrogens is 285 g/mol. The first-order chi connectivity index (χ1) is 8.16. The van der Waals surface area contributed by atoms with Gasteiger partial charge < -0.3 is 10.1 Å². The summed E-state index contributed by atoms with van der Waals surface area (Å²) in [5, 5.41) is 3.39. The summed E-state index contributed by atoms with van der Waals surface area (Å²) >= 11 is 3.21. The molecule has 2 nitrogen and oxygen atoms in total. The minimum Gasteiger partial charge on any atom is -0.489 e. The standard InChI is InChI=1S/C13H17BrFNO/c1-9(10-2-3-10)16-6-7-17-13-5-4-11(14)8-12(13)15/h4-5,8-10,16H,2-3,6-7H2,1H3. The number of hydrogen-bond acceptors (Lipinski definition) is 2. The Morgan fingerprint density at radius 1 is 1.53 bits per heavy atom. The van der Waals surface area contributed by atoms with E-state index in [0.717, 1.165) is 16.9 Å². The van der Waals surface area contributed by atoms with Crippen LogP contribution in [-0.2, 0) is 0 Å². The van der Waals surface area contributed by atoms with Crippen molar-refractivity contribution in [2.75, 3.05) is 13.2 Å². The summed E-state index contributed by atoms with van der Waals surface area (Å²) in [6.07, 6.45) is 2.66. The zero-order valence-corrected chi connectivity index (χ0v) is 11.5. The van der Waals surface area contributed by atoms with Crippen LogP contribution in [-0.4, -0.2) is 19.2 Å². The lowest BCUT2D eigenvalue weighted by molar-refractivity contribution is 0.290. The summed E-state index contributed by atoms with van der Waals surface area (Å²) in [6.45, 7) is 3.45. The third-order valence-corrected chi connectivity index (χ3v) is 3.54. The molecule has 0 spiro atoms. The first-order valence-corrected chi connectivity index (χ1v) is 6.77. The Morgan fingerprint density at radius 2 is 2.29 bits per heavy atom. The average Bonchev–Trinajstić information content (AvgIpc) is 3.10. The van der Waals surface area contributed by atoms with Crippen LogP contribution in [0.3, 0.4) is 0 Å². The fraction of sp³-hybridized carbons (Fsp3) is 0.538. The van der Waals surface area contributed by atoms with Crippen LogP contribution in [0.4, 0.5) is 4.39 Å². The van der Waals surface area contributed by atoms with E-state index in [1.165, 1.54) is 18.9 Å². The Morgan fingerprint density at radius 3 is 2.94 bits per heavy atom. The van der Waals surface area contributed by atoms with E-state index in [4.69, 9.17) is 4.74 Å². The van der Waals surface area contributed by atoms with E-state index in [0.29, 0.717) is 18.4 Å². The summed E-state index contributed by atoms with van der Waals surface area (Å²) in [6, 6.07) is 5.38. The number of nitrogens with one attached hydrogen (secondary N) is 1. The second-order valence-electron chi connectivity index (χ2n) is 4.50. The molecule has 2 rings (SSSR count). The lowest BCUT2D eigenvalue weighted by Gasteiger charge is -2.13. The molecule has 17 heavy (non-hydrogen) atoms. The van der Waals surface area contributed by atoms with Crippen molar-refractivity contribution in [2.45, 2.75) is 25.8 Å². The van der Waals surface area contributed by atoms with Gasteiger partial charge in [-0.05, 0) is 43.9 Å². The molecule has 1 unspecified atom stereocenters. The van der Waals surface area contributed by atoms with Gasteiger partial charge in [-0.15, -0.1) is 0 Å². The molecule has 1 atom stereocenters. The van der Waals surface area contributed by atoms with Crippen LogP contribution in [0.5, 0.6) is 5.75 Å². The zero-order valence-electron chi connectivity index (χ0n) is 9.88. The molecule has 0 aliphatic heterocycles. The van der Waals surface area contributed by atoms with Crippen LogP contribution in [0, 0.1) is 11.7 Å². The van der Waals surface area contributed by atoms with Crippen molar-refractivity contribution in [1.29, 1.82) is 0 Å². The van der Waals surface area contributed by atoms with Crippen LogP contribution < -0.4 is 10.1 Å².